The van der Waals surface area contributed by atoms with Crippen molar-refractivity contribution in [1.82, 2.24) is 9.55 Å². The average molecular weight is 269 g/mol. The molecule has 0 aliphatic rings. The van der Waals surface area contributed by atoms with Gasteiger partial charge in [-0.25, -0.2) is 4.98 Å². The molecule has 0 radical (unpaired) electrons. The molecule has 0 amide bonds. The third-order valence-electron chi connectivity index (χ3n) is 3.68. The summed E-state index contributed by atoms with van der Waals surface area (Å²) in [6, 6.07) is 12.1. The maximum Gasteiger partial charge on any atom is 0.114 e. The van der Waals surface area contributed by atoms with Gasteiger partial charge >= 0.3 is 0 Å². The molecular formula is C16H19N3O. The molecule has 104 valence electrons. The minimum absolute atomic E-state index is 0.175. The summed E-state index contributed by atoms with van der Waals surface area (Å²) in [5, 5.41) is 0. The standard InChI is InChI=1S/C16H19N3O/c1-2-19-15-8-4-3-7-14(15)18-16(19)12(11-17)10-13-6-5-9-20-13/h3-9,12H,2,10-11,17H2,1H3. The summed E-state index contributed by atoms with van der Waals surface area (Å²) in [6.07, 6.45) is 2.48. The van der Waals surface area contributed by atoms with Crippen molar-refractivity contribution in [2.24, 2.45) is 5.73 Å². The Balaban J connectivity index is 2.02. The van der Waals surface area contributed by atoms with E-state index in [4.69, 9.17) is 15.1 Å². The number of furan rings is 1. The van der Waals surface area contributed by atoms with Gasteiger partial charge in [-0.15, -0.1) is 0 Å². The first-order valence-electron chi connectivity index (χ1n) is 7.01. The zero-order valence-corrected chi connectivity index (χ0v) is 11.6. The largest absolute Gasteiger partial charge is 0.469 e. The Morgan fingerprint density at radius 3 is 2.80 bits per heavy atom. The minimum atomic E-state index is 0.175. The lowest BCUT2D eigenvalue weighted by Crippen LogP contribution is -2.19. The molecule has 0 saturated heterocycles. The number of rotatable bonds is 5. The van der Waals surface area contributed by atoms with Crippen LogP contribution in [-0.4, -0.2) is 16.1 Å². The molecule has 3 aromatic rings. The summed E-state index contributed by atoms with van der Waals surface area (Å²) in [5.74, 6) is 2.18. The van der Waals surface area contributed by atoms with Gasteiger partial charge in [-0.05, 0) is 31.2 Å². The monoisotopic (exact) mass is 269 g/mol. The number of nitrogens with zero attached hydrogens (tertiary/aromatic N) is 2. The quantitative estimate of drug-likeness (QED) is 0.774. The highest BCUT2D eigenvalue weighted by atomic mass is 16.3. The Kier molecular flexibility index (Phi) is 3.56. The van der Waals surface area contributed by atoms with Crippen LogP contribution in [0.2, 0.25) is 0 Å². The van der Waals surface area contributed by atoms with Crippen molar-refractivity contribution >= 4 is 11.0 Å². The van der Waals surface area contributed by atoms with E-state index in [9.17, 15) is 0 Å². The fourth-order valence-corrected chi connectivity index (χ4v) is 2.69. The van der Waals surface area contributed by atoms with Crippen molar-refractivity contribution in [3.05, 3.63) is 54.2 Å². The Hall–Kier alpha value is -2.07. The van der Waals surface area contributed by atoms with Gasteiger partial charge in [0.2, 0.25) is 0 Å². The topological polar surface area (TPSA) is 57.0 Å². The van der Waals surface area contributed by atoms with E-state index in [1.54, 1.807) is 6.26 Å². The molecule has 3 rings (SSSR count). The van der Waals surface area contributed by atoms with Gasteiger partial charge in [-0.1, -0.05) is 12.1 Å². The van der Waals surface area contributed by atoms with Crippen molar-refractivity contribution in [3.8, 4) is 0 Å². The van der Waals surface area contributed by atoms with Crippen molar-refractivity contribution in [1.29, 1.82) is 0 Å². The van der Waals surface area contributed by atoms with Crippen LogP contribution in [0.25, 0.3) is 11.0 Å². The van der Waals surface area contributed by atoms with Crippen molar-refractivity contribution in [2.45, 2.75) is 25.8 Å². The number of nitrogens with two attached hydrogens (primary N) is 1. The molecule has 0 bridgehead atoms. The highest BCUT2D eigenvalue weighted by molar-refractivity contribution is 5.76. The van der Waals surface area contributed by atoms with Crippen LogP contribution < -0.4 is 5.73 Å². The second-order valence-corrected chi connectivity index (χ2v) is 4.92. The second-order valence-electron chi connectivity index (χ2n) is 4.92. The van der Waals surface area contributed by atoms with E-state index >= 15 is 0 Å². The molecule has 20 heavy (non-hydrogen) atoms. The highest BCUT2D eigenvalue weighted by Crippen LogP contribution is 2.24. The van der Waals surface area contributed by atoms with Crippen LogP contribution >= 0.6 is 0 Å². The molecule has 0 fully saturated rings. The number of hydrogen-bond acceptors (Lipinski definition) is 3. The molecule has 2 heterocycles. The van der Waals surface area contributed by atoms with Gasteiger partial charge in [0.15, 0.2) is 0 Å². The van der Waals surface area contributed by atoms with E-state index in [-0.39, 0.29) is 5.92 Å². The Morgan fingerprint density at radius 1 is 1.25 bits per heavy atom. The van der Waals surface area contributed by atoms with Gasteiger partial charge < -0.3 is 14.7 Å². The first-order valence-corrected chi connectivity index (χ1v) is 7.01. The molecule has 2 N–H and O–H groups in total. The number of fused-ring (bicyclic) bond motifs is 1. The summed E-state index contributed by atoms with van der Waals surface area (Å²) in [6.45, 7) is 3.59. The molecule has 4 nitrogen and oxygen atoms in total. The maximum absolute atomic E-state index is 5.97. The van der Waals surface area contributed by atoms with E-state index < -0.39 is 0 Å². The zero-order chi connectivity index (χ0) is 13.9. The summed E-state index contributed by atoms with van der Waals surface area (Å²) in [5.41, 5.74) is 8.17. The van der Waals surface area contributed by atoms with E-state index in [1.807, 2.05) is 30.3 Å². The van der Waals surface area contributed by atoms with Crippen LogP contribution in [0, 0.1) is 0 Å². The number of hydrogen-bond donors (Lipinski definition) is 1. The summed E-state index contributed by atoms with van der Waals surface area (Å²) >= 11 is 0. The smallest absolute Gasteiger partial charge is 0.114 e. The third-order valence-corrected chi connectivity index (χ3v) is 3.68. The van der Waals surface area contributed by atoms with Crippen LogP contribution in [-0.2, 0) is 13.0 Å². The molecule has 0 aliphatic carbocycles. The van der Waals surface area contributed by atoms with Gasteiger partial charge in [0.1, 0.15) is 11.6 Å². The molecule has 1 aromatic carbocycles. The third kappa shape index (κ3) is 2.23. The summed E-state index contributed by atoms with van der Waals surface area (Å²) in [7, 11) is 0. The van der Waals surface area contributed by atoms with Gasteiger partial charge in [0.05, 0.1) is 17.3 Å². The van der Waals surface area contributed by atoms with Crippen LogP contribution in [0.5, 0.6) is 0 Å². The molecule has 0 spiro atoms. The average Bonchev–Trinajstić information content (AvgIpc) is 3.11. The lowest BCUT2D eigenvalue weighted by molar-refractivity contribution is 0.475. The van der Waals surface area contributed by atoms with Crippen LogP contribution in [0.1, 0.15) is 24.4 Å². The Bertz CT molecular complexity index is 685. The van der Waals surface area contributed by atoms with Crippen LogP contribution in [0.15, 0.2) is 47.1 Å². The molecule has 4 heteroatoms. The first kappa shape index (κ1) is 12.9. The van der Waals surface area contributed by atoms with Crippen LogP contribution in [0.3, 0.4) is 0 Å². The highest BCUT2D eigenvalue weighted by Gasteiger charge is 2.19. The Morgan fingerprint density at radius 2 is 2.10 bits per heavy atom. The molecule has 2 aromatic heterocycles. The molecule has 0 aliphatic heterocycles. The number of para-hydroxylation sites is 2. The van der Waals surface area contributed by atoms with E-state index in [0.717, 1.165) is 30.1 Å². The molecular weight excluding hydrogens is 250 g/mol. The predicted molar refractivity (Wildman–Crippen MR) is 79.6 cm³/mol. The second kappa shape index (κ2) is 5.51. The number of benzene rings is 1. The zero-order valence-electron chi connectivity index (χ0n) is 11.6. The van der Waals surface area contributed by atoms with Crippen molar-refractivity contribution in [2.75, 3.05) is 6.54 Å². The van der Waals surface area contributed by atoms with Gasteiger partial charge in [-0.3, -0.25) is 0 Å². The molecule has 0 saturated carbocycles. The molecule has 1 unspecified atom stereocenters. The number of aromatic nitrogens is 2. The van der Waals surface area contributed by atoms with Gasteiger partial charge in [-0.2, -0.15) is 0 Å². The summed E-state index contributed by atoms with van der Waals surface area (Å²) in [4.78, 5) is 4.78. The minimum Gasteiger partial charge on any atom is -0.469 e. The van der Waals surface area contributed by atoms with Crippen LogP contribution in [0.4, 0.5) is 0 Å². The summed E-state index contributed by atoms with van der Waals surface area (Å²) < 4.78 is 7.69. The van der Waals surface area contributed by atoms with Gasteiger partial charge in [0, 0.05) is 25.4 Å². The maximum atomic E-state index is 5.97. The predicted octanol–water partition coefficient (Wildman–Crippen LogP) is 2.93. The Labute approximate surface area is 118 Å². The fourth-order valence-electron chi connectivity index (χ4n) is 2.69. The van der Waals surface area contributed by atoms with E-state index in [0.29, 0.717) is 6.54 Å². The first-order chi connectivity index (χ1) is 9.83. The lowest BCUT2D eigenvalue weighted by Gasteiger charge is -2.15. The fraction of sp³-hybridized carbons (Fsp3) is 0.312. The van der Waals surface area contributed by atoms with Gasteiger partial charge in [0.25, 0.3) is 0 Å². The van der Waals surface area contributed by atoms with E-state index in [1.165, 1.54) is 5.52 Å². The van der Waals surface area contributed by atoms with E-state index in [2.05, 4.69) is 17.6 Å². The lowest BCUT2D eigenvalue weighted by atomic mass is 10.0. The number of imidazole rings is 1. The molecule has 1 atom stereocenters. The number of aryl methyl sites for hydroxylation is 1. The normalized spacial score (nSPS) is 12.9. The SMILES string of the molecule is CCn1c(C(CN)Cc2ccco2)nc2ccccc21. The van der Waals surface area contributed by atoms with Crippen molar-refractivity contribution in [3.63, 3.8) is 0 Å². The van der Waals surface area contributed by atoms with Crippen molar-refractivity contribution < 1.29 is 4.42 Å².